The fourth-order valence-corrected chi connectivity index (χ4v) is 4.34. The van der Waals surface area contributed by atoms with Crippen molar-refractivity contribution in [2.75, 3.05) is 19.6 Å². The van der Waals surface area contributed by atoms with Crippen molar-refractivity contribution in [1.29, 1.82) is 0 Å². The van der Waals surface area contributed by atoms with Crippen molar-refractivity contribution in [3.05, 3.63) is 53.9 Å². The normalized spacial score (nSPS) is 18.9. The number of hydrogen-bond donors (Lipinski definition) is 1. The summed E-state index contributed by atoms with van der Waals surface area (Å²) in [6, 6.07) is 8.78. The largest absolute Gasteiger partial charge is 0.352 e. The van der Waals surface area contributed by atoms with Gasteiger partial charge >= 0.3 is 0 Å². The lowest BCUT2D eigenvalue weighted by Gasteiger charge is -2.26. The number of aryl methyl sites for hydroxylation is 1. The van der Waals surface area contributed by atoms with Crippen LogP contribution in [-0.2, 0) is 4.79 Å². The summed E-state index contributed by atoms with van der Waals surface area (Å²) < 4.78 is 1.93. The van der Waals surface area contributed by atoms with Gasteiger partial charge in [-0.2, -0.15) is 5.10 Å². The van der Waals surface area contributed by atoms with E-state index in [1.54, 1.807) is 0 Å². The Morgan fingerprint density at radius 3 is 2.59 bits per heavy atom. The smallest absolute Gasteiger partial charge is 0.234 e. The second kappa shape index (κ2) is 9.40. The fraction of sp³-hybridized carbons (Fsp3) is 0.500. The number of benzene rings is 1. The van der Waals surface area contributed by atoms with Crippen molar-refractivity contribution < 1.29 is 4.79 Å². The van der Waals surface area contributed by atoms with Crippen molar-refractivity contribution in [2.45, 2.75) is 57.9 Å². The first kappa shape index (κ1) is 19.9. The van der Waals surface area contributed by atoms with Gasteiger partial charge in [-0.3, -0.25) is 9.69 Å². The summed E-state index contributed by atoms with van der Waals surface area (Å²) in [5, 5.41) is 7.79. The molecule has 0 radical (unpaired) electrons. The molecule has 0 saturated heterocycles. The molecule has 0 atom stereocenters. The highest BCUT2D eigenvalue weighted by Gasteiger charge is 2.19. The van der Waals surface area contributed by atoms with E-state index in [0.29, 0.717) is 12.6 Å². The Balaban J connectivity index is 1.30. The molecule has 4 rings (SSSR count). The molecule has 0 spiro atoms. The molecule has 0 bridgehead atoms. The Morgan fingerprint density at radius 1 is 1.14 bits per heavy atom. The third-order valence-corrected chi connectivity index (χ3v) is 6.13. The second-order valence-electron chi connectivity index (χ2n) is 8.48. The lowest BCUT2D eigenvalue weighted by atomic mass is 10.0. The minimum Gasteiger partial charge on any atom is -0.352 e. The zero-order valence-electron chi connectivity index (χ0n) is 17.4. The number of carbonyl (C=O) groups is 1. The molecule has 5 nitrogen and oxygen atoms in total. The summed E-state index contributed by atoms with van der Waals surface area (Å²) in [6.45, 7) is 4.33. The molecule has 1 aliphatic carbocycles. The van der Waals surface area contributed by atoms with Crippen LogP contribution in [0.25, 0.3) is 11.3 Å². The SMILES string of the molecule is Cc1ccc(-n2cc(C3=CCN(CC(=O)NC4CCCCCC4)CC3)cn2)cc1. The quantitative estimate of drug-likeness (QED) is 0.779. The molecule has 2 heterocycles. The van der Waals surface area contributed by atoms with Crippen LogP contribution in [0, 0.1) is 6.92 Å². The molecule has 154 valence electrons. The Bertz CT molecular complexity index is 844. The summed E-state index contributed by atoms with van der Waals surface area (Å²) >= 11 is 0. The van der Waals surface area contributed by atoms with Crippen molar-refractivity contribution in [1.82, 2.24) is 20.0 Å². The average molecular weight is 393 g/mol. The van der Waals surface area contributed by atoms with Crippen LogP contribution in [0.3, 0.4) is 0 Å². The monoisotopic (exact) mass is 392 g/mol. The van der Waals surface area contributed by atoms with Crippen LogP contribution < -0.4 is 5.32 Å². The van der Waals surface area contributed by atoms with Crippen LogP contribution in [0.2, 0.25) is 0 Å². The van der Waals surface area contributed by atoms with Crippen LogP contribution in [-0.4, -0.2) is 46.3 Å². The first-order valence-corrected chi connectivity index (χ1v) is 11.0. The van der Waals surface area contributed by atoms with E-state index in [2.05, 4.69) is 58.8 Å². The highest BCUT2D eigenvalue weighted by Crippen LogP contribution is 2.23. The highest BCUT2D eigenvalue weighted by molar-refractivity contribution is 5.78. The molecule has 1 amide bonds. The predicted molar refractivity (Wildman–Crippen MR) is 117 cm³/mol. The molecule has 1 aromatic carbocycles. The van der Waals surface area contributed by atoms with Gasteiger partial charge in [0, 0.05) is 30.9 Å². The molecular formula is C24H32N4O. The predicted octanol–water partition coefficient (Wildman–Crippen LogP) is 4.11. The number of aromatic nitrogens is 2. The van der Waals surface area contributed by atoms with E-state index in [1.165, 1.54) is 42.4 Å². The molecular weight excluding hydrogens is 360 g/mol. The molecule has 2 aliphatic rings. The topological polar surface area (TPSA) is 50.2 Å². The minimum absolute atomic E-state index is 0.181. The average Bonchev–Trinajstić information content (AvgIpc) is 3.08. The summed E-state index contributed by atoms with van der Waals surface area (Å²) in [7, 11) is 0. The summed E-state index contributed by atoms with van der Waals surface area (Å²) in [5.74, 6) is 0.181. The van der Waals surface area contributed by atoms with E-state index in [4.69, 9.17) is 0 Å². The molecule has 2 aromatic rings. The van der Waals surface area contributed by atoms with Crippen molar-refractivity contribution in [3.63, 3.8) is 0 Å². The van der Waals surface area contributed by atoms with E-state index in [9.17, 15) is 4.79 Å². The molecule has 1 aromatic heterocycles. The first-order valence-electron chi connectivity index (χ1n) is 11.0. The van der Waals surface area contributed by atoms with Crippen LogP contribution in [0.15, 0.2) is 42.7 Å². The maximum absolute atomic E-state index is 12.4. The van der Waals surface area contributed by atoms with Gasteiger partial charge in [0.05, 0.1) is 18.4 Å². The van der Waals surface area contributed by atoms with Gasteiger partial charge in [0.15, 0.2) is 0 Å². The van der Waals surface area contributed by atoms with E-state index >= 15 is 0 Å². The number of hydrogen-bond acceptors (Lipinski definition) is 3. The molecule has 1 aliphatic heterocycles. The summed E-state index contributed by atoms with van der Waals surface area (Å²) in [5.41, 5.74) is 4.83. The third-order valence-electron chi connectivity index (χ3n) is 6.13. The Hall–Kier alpha value is -2.40. The third kappa shape index (κ3) is 5.36. The summed E-state index contributed by atoms with van der Waals surface area (Å²) in [6.07, 6.45) is 14.6. The number of rotatable bonds is 5. The van der Waals surface area contributed by atoms with Crippen LogP contribution >= 0.6 is 0 Å². The number of amides is 1. The van der Waals surface area contributed by atoms with E-state index in [1.807, 2.05) is 10.9 Å². The molecule has 0 unspecified atom stereocenters. The van der Waals surface area contributed by atoms with Gasteiger partial charge in [-0.1, -0.05) is 49.5 Å². The Kier molecular flexibility index (Phi) is 6.45. The van der Waals surface area contributed by atoms with Gasteiger partial charge in [-0.05, 0) is 43.9 Å². The van der Waals surface area contributed by atoms with Crippen molar-refractivity contribution >= 4 is 11.5 Å². The molecule has 1 N–H and O–H groups in total. The lowest BCUT2D eigenvalue weighted by Crippen LogP contribution is -2.43. The molecule has 1 saturated carbocycles. The van der Waals surface area contributed by atoms with Crippen LogP contribution in [0.4, 0.5) is 0 Å². The first-order chi connectivity index (χ1) is 14.2. The molecule has 1 fully saturated rings. The highest BCUT2D eigenvalue weighted by atomic mass is 16.2. The van der Waals surface area contributed by atoms with Gasteiger partial charge < -0.3 is 5.32 Å². The Labute approximate surface area is 173 Å². The maximum atomic E-state index is 12.4. The van der Waals surface area contributed by atoms with Crippen molar-refractivity contribution in [2.24, 2.45) is 0 Å². The Morgan fingerprint density at radius 2 is 1.90 bits per heavy atom. The lowest BCUT2D eigenvalue weighted by molar-refractivity contribution is -0.122. The standard InChI is InChI=1S/C24H32N4O/c1-19-8-10-23(11-9-19)28-17-21(16-25-28)20-12-14-27(15-13-20)18-24(29)26-22-6-4-2-3-5-7-22/h8-12,16-17,22H,2-7,13-15,18H2,1H3,(H,26,29). The number of carbonyl (C=O) groups excluding carboxylic acids is 1. The number of nitrogens with zero attached hydrogens (tertiary/aromatic N) is 3. The maximum Gasteiger partial charge on any atom is 0.234 e. The molecule has 29 heavy (non-hydrogen) atoms. The van der Waals surface area contributed by atoms with Gasteiger partial charge in [-0.25, -0.2) is 4.68 Å². The zero-order valence-corrected chi connectivity index (χ0v) is 17.4. The summed E-state index contributed by atoms with van der Waals surface area (Å²) in [4.78, 5) is 14.7. The number of nitrogens with one attached hydrogen (secondary N) is 1. The van der Waals surface area contributed by atoms with Gasteiger partial charge in [0.1, 0.15) is 0 Å². The van der Waals surface area contributed by atoms with Gasteiger partial charge in [0.25, 0.3) is 0 Å². The zero-order chi connectivity index (χ0) is 20.1. The van der Waals surface area contributed by atoms with Crippen LogP contribution in [0.5, 0.6) is 0 Å². The van der Waals surface area contributed by atoms with E-state index < -0.39 is 0 Å². The van der Waals surface area contributed by atoms with E-state index in [-0.39, 0.29) is 5.91 Å². The van der Waals surface area contributed by atoms with Gasteiger partial charge in [-0.15, -0.1) is 0 Å². The minimum atomic E-state index is 0.181. The van der Waals surface area contributed by atoms with Gasteiger partial charge in [0.2, 0.25) is 5.91 Å². The van der Waals surface area contributed by atoms with E-state index in [0.717, 1.165) is 38.0 Å². The molecule has 5 heteroatoms. The fourth-order valence-electron chi connectivity index (χ4n) is 4.34. The second-order valence-corrected chi connectivity index (χ2v) is 8.48. The van der Waals surface area contributed by atoms with Crippen molar-refractivity contribution in [3.8, 4) is 5.69 Å². The van der Waals surface area contributed by atoms with Crippen LogP contribution in [0.1, 0.15) is 56.1 Å².